The Kier molecular flexibility index (Phi) is 1.40. The minimum absolute atomic E-state index is 0.0625. The van der Waals surface area contributed by atoms with Crippen molar-refractivity contribution in [1.29, 1.82) is 0 Å². The van der Waals surface area contributed by atoms with Crippen LogP contribution in [0.5, 0.6) is 0 Å². The van der Waals surface area contributed by atoms with Crippen LogP contribution in [0.2, 0.25) is 0 Å². The van der Waals surface area contributed by atoms with Gasteiger partial charge in [-0.1, -0.05) is 34.6 Å². The SMILES string of the molecule is CC(C)C1(C)C(F)C1(C)C. The van der Waals surface area contributed by atoms with Crippen molar-refractivity contribution in [3.8, 4) is 0 Å². The molecular formula is C9H17F. The van der Waals surface area contributed by atoms with Crippen LogP contribution in [-0.2, 0) is 0 Å². The molecule has 0 amide bonds. The fraction of sp³-hybridized carbons (Fsp3) is 1.00. The molecule has 0 bridgehead atoms. The summed E-state index contributed by atoms with van der Waals surface area (Å²) >= 11 is 0. The van der Waals surface area contributed by atoms with E-state index in [-0.39, 0.29) is 10.8 Å². The highest BCUT2D eigenvalue weighted by Gasteiger charge is 2.70. The van der Waals surface area contributed by atoms with Crippen LogP contribution in [-0.4, -0.2) is 6.17 Å². The Balaban J connectivity index is 2.78. The second kappa shape index (κ2) is 1.75. The van der Waals surface area contributed by atoms with Crippen LogP contribution in [0, 0.1) is 16.7 Å². The van der Waals surface area contributed by atoms with Gasteiger partial charge in [0.2, 0.25) is 0 Å². The molecule has 0 heterocycles. The zero-order chi connectivity index (χ0) is 8.15. The molecule has 2 atom stereocenters. The van der Waals surface area contributed by atoms with Crippen molar-refractivity contribution < 1.29 is 4.39 Å². The Labute approximate surface area is 62.8 Å². The van der Waals surface area contributed by atoms with Gasteiger partial charge in [0.15, 0.2) is 0 Å². The summed E-state index contributed by atoms with van der Waals surface area (Å²) in [5, 5.41) is 0. The Morgan fingerprint density at radius 2 is 1.50 bits per heavy atom. The fourth-order valence-corrected chi connectivity index (χ4v) is 1.98. The third-order valence-corrected chi connectivity index (χ3v) is 3.66. The predicted octanol–water partition coefficient (Wildman–Crippen LogP) is 3.03. The smallest absolute Gasteiger partial charge is 0.112 e. The van der Waals surface area contributed by atoms with Gasteiger partial charge in [-0.2, -0.15) is 0 Å². The van der Waals surface area contributed by atoms with Crippen molar-refractivity contribution in [3.05, 3.63) is 0 Å². The van der Waals surface area contributed by atoms with Gasteiger partial charge in [-0.15, -0.1) is 0 Å². The van der Waals surface area contributed by atoms with Crippen LogP contribution in [0.15, 0.2) is 0 Å². The van der Waals surface area contributed by atoms with Gasteiger partial charge in [0, 0.05) is 10.8 Å². The second-order valence-electron chi connectivity index (χ2n) is 4.52. The number of hydrogen-bond donors (Lipinski definition) is 0. The van der Waals surface area contributed by atoms with Crippen LogP contribution in [0.4, 0.5) is 4.39 Å². The lowest BCUT2D eigenvalue weighted by Crippen LogP contribution is -2.12. The Bertz CT molecular complexity index is 149. The highest BCUT2D eigenvalue weighted by molar-refractivity contribution is 5.17. The molecule has 60 valence electrons. The average molecular weight is 144 g/mol. The van der Waals surface area contributed by atoms with E-state index >= 15 is 0 Å². The summed E-state index contributed by atoms with van der Waals surface area (Å²) in [5.74, 6) is 0.456. The van der Waals surface area contributed by atoms with E-state index in [2.05, 4.69) is 13.8 Å². The summed E-state index contributed by atoms with van der Waals surface area (Å²) in [6.07, 6.45) is -0.597. The van der Waals surface area contributed by atoms with Gasteiger partial charge in [0.25, 0.3) is 0 Å². The maximum Gasteiger partial charge on any atom is 0.112 e. The molecule has 1 saturated carbocycles. The van der Waals surface area contributed by atoms with Crippen molar-refractivity contribution in [2.45, 2.75) is 40.8 Å². The highest BCUT2D eigenvalue weighted by atomic mass is 19.1. The first kappa shape index (κ1) is 8.03. The highest BCUT2D eigenvalue weighted by Crippen LogP contribution is 2.68. The quantitative estimate of drug-likeness (QED) is 0.530. The van der Waals surface area contributed by atoms with Crippen LogP contribution in [0.25, 0.3) is 0 Å². The van der Waals surface area contributed by atoms with Gasteiger partial charge < -0.3 is 0 Å². The summed E-state index contributed by atoms with van der Waals surface area (Å²) < 4.78 is 13.2. The van der Waals surface area contributed by atoms with Crippen molar-refractivity contribution >= 4 is 0 Å². The summed E-state index contributed by atoms with van der Waals surface area (Å²) in [7, 11) is 0. The van der Waals surface area contributed by atoms with E-state index in [0.29, 0.717) is 5.92 Å². The molecule has 1 fully saturated rings. The summed E-state index contributed by atoms with van der Waals surface area (Å²) in [6, 6.07) is 0. The average Bonchev–Trinajstić information content (AvgIpc) is 2.16. The third kappa shape index (κ3) is 0.613. The maximum absolute atomic E-state index is 13.2. The van der Waals surface area contributed by atoms with Crippen molar-refractivity contribution in [1.82, 2.24) is 0 Å². The maximum atomic E-state index is 13.2. The molecule has 0 N–H and O–H groups in total. The van der Waals surface area contributed by atoms with E-state index < -0.39 is 6.17 Å². The Hall–Kier alpha value is -0.0700. The molecular weight excluding hydrogens is 127 g/mol. The van der Waals surface area contributed by atoms with Gasteiger partial charge in [-0.25, -0.2) is 4.39 Å². The number of alkyl halides is 1. The summed E-state index contributed by atoms with van der Waals surface area (Å²) in [4.78, 5) is 0. The van der Waals surface area contributed by atoms with Crippen molar-refractivity contribution in [2.24, 2.45) is 16.7 Å². The lowest BCUT2D eigenvalue weighted by atomic mass is 9.87. The molecule has 10 heavy (non-hydrogen) atoms. The predicted molar refractivity (Wildman–Crippen MR) is 41.6 cm³/mol. The number of halogens is 1. The zero-order valence-corrected chi connectivity index (χ0v) is 7.53. The van der Waals surface area contributed by atoms with Crippen LogP contribution >= 0.6 is 0 Å². The van der Waals surface area contributed by atoms with E-state index in [9.17, 15) is 4.39 Å². The third-order valence-electron chi connectivity index (χ3n) is 3.66. The summed E-state index contributed by atoms with van der Waals surface area (Å²) in [5.41, 5.74) is -0.145. The van der Waals surface area contributed by atoms with Crippen LogP contribution in [0.3, 0.4) is 0 Å². The molecule has 0 aromatic rings. The molecule has 0 spiro atoms. The second-order valence-corrected chi connectivity index (χ2v) is 4.52. The van der Waals surface area contributed by atoms with E-state index in [1.807, 2.05) is 20.8 Å². The minimum atomic E-state index is -0.597. The molecule has 1 heteroatoms. The lowest BCUT2D eigenvalue weighted by Gasteiger charge is -2.17. The van der Waals surface area contributed by atoms with E-state index in [0.717, 1.165) is 0 Å². The van der Waals surface area contributed by atoms with E-state index in [4.69, 9.17) is 0 Å². The molecule has 1 aliphatic rings. The molecule has 0 radical (unpaired) electrons. The largest absolute Gasteiger partial charge is 0.246 e. The standard InChI is InChI=1S/C9H17F/c1-6(2)9(5)7(10)8(9,3)4/h6-7H,1-5H3. The molecule has 1 aliphatic carbocycles. The number of hydrogen-bond acceptors (Lipinski definition) is 0. The molecule has 0 aliphatic heterocycles. The van der Waals surface area contributed by atoms with Crippen molar-refractivity contribution in [3.63, 3.8) is 0 Å². The van der Waals surface area contributed by atoms with Crippen molar-refractivity contribution in [2.75, 3.05) is 0 Å². The molecule has 2 unspecified atom stereocenters. The van der Waals surface area contributed by atoms with E-state index in [1.54, 1.807) is 0 Å². The Morgan fingerprint density at radius 1 is 1.20 bits per heavy atom. The molecule has 1 rings (SSSR count). The first-order valence-corrected chi connectivity index (χ1v) is 3.99. The van der Waals surface area contributed by atoms with Crippen LogP contribution < -0.4 is 0 Å². The lowest BCUT2D eigenvalue weighted by molar-refractivity contribution is 0.287. The molecule has 0 aromatic carbocycles. The van der Waals surface area contributed by atoms with Crippen LogP contribution in [0.1, 0.15) is 34.6 Å². The first-order valence-electron chi connectivity index (χ1n) is 3.99. The molecule has 0 nitrogen and oxygen atoms in total. The van der Waals surface area contributed by atoms with Gasteiger partial charge in [0.1, 0.15) is 6.17 Å². The van der Waals surface area contributed by atoms with Gasteiger partial charge in [-0.05, 0) is 5.92 Å². The minimum Gasteiger partial charge on any atom is -0.246 e. The molecule has 0 aromatic heterocycles. The fourth-order valence-electron chi connectivity index (χ4n) is 1.98. The van der Waals surface area contributed by atoms with Gasteiger partial charge in [-0.3, -0.25) is 0 Å². The monoisotopic (exact) mass is 144 g/mol. The van der Waals surface area contributed by atoms with Gasteiger partial charge in [0.05, 0.1) is 0 Å². The topological polar surface area (TPSA) is 0 Å². The molecule has 0 saturated heterocycles. The normalized spacial score (nSPS) is 44.1. The number of rotatable bonds is 1. The Morgan fingerprint density at radius 3 is 1.50 bits per heavy atom. The summed E-state index contributed by atoms with van der Waals surface area (Å²) in [6.45, 7) is 10.3. The van der Waals surface area contributed by atoms with E-state index in [1.165, 1.54) is 0 Å². The van der Waals surface area contributed by atoms with Gasteiger partial charge >= 0.3 is 0 Å². The first-order chi connectivity index (χ1) is 4.35. The zero-order valence-electron chi connectivity index (χ0n) is 7.53.